The monoisotopic (exact) mass is 228 g/mol. The Kier molecular flexibility index (Phi) is 3.95. The van der Waals surface area contributed by atoms with E-state index in [-0.39, 0.29) is 5.78 Å². The van der Waals surface area contributed by atoms with Crippen molar-refractivity contribution in [1.29, 1.82) is 0 Å². The minimum Gasteiger partial charge on any atom is -0.294 e. The zero-order chi connectivity index (χ0) is 10.7. The Morgan fingerprint density at radius 2 is 1.86 bits per heavy atom. The quantitative estimate of drug-likeness (QED) is 0.344. The van der Waals surface area contributed by atoms with Crippen LogP contribution in [0.1, 0.15) is 23.0 Å². The summed E-state index contributed by atoms with van der Waals surface area (Å²) in [6, 6.07) is 0. The topological polar surface area (TPSA) is 42.9 Å². The van der Waals surface area contributed by atoms with E-state index in [0.29, 0.717) is 5.56 Å². The number of carbonyl (C=O) groups is 1. The number of ketones is 1. The van der Waals surface area contributed by atoms with Crippen molar-refractivity contribution in [2.24, 2.45) is 0 Å². The van der Waals surface area contributed by atoms with Crippen LogP contribution in [0.4, 0.5) is 0 Å². The number of Topliss-reactive ketones (excluding diaryl/α,β-unsaturated/α-hetero) is 1. The molecule has 76 valence electrons. The molecule has 14 heavy (non-hydrogen) atoms. The number of thioether (sulfide) groups is 2. The van der Waals surface area contributed by atoms with Gasteiger partial charge in [-0.3, -0.25) is 4.79 Å². The van der Waals surface area contributed by atoms with E-state index in [4.69, 9.17) is 0 Å². The zero-order valence-electron chi connectivity index (χ0n) is 8.62. The summed E-state index contributed by atoms with van der Waals surface area (Å²) in [5, 5.41) is 1.49. The largest absolute Gasteiger partial charge is 0.294 e. The highest BCUT2D eigenvalue weighted by atomic mass is 32.2. The number of aromatic nitrogens is 2. The molecule has 0 saturated heterocycles. The average Bonchev–Trinajstić information content (AvgIpc) is 2.15. The lowest BCUT2D eigenvalue weighted by Gasteiger charge is -2.07. The molecule has 0 aliphatic heterocycles. The fourth-order valence-corrected chi connectivity index (χ4v) is 2.31. The van der Waals surface area contributed by atoms with Gasteiger partial charge in [0.05, 0.1) is 11.3 Å². The van der Waals surface area contributed by atoms with Crippen molar-refractivity contribution < 1.29 is 4.79 Å². The molecule has 3 nitrogen and oxygen atoms in total. The van der Waals surface area contributed by atoms with Crippen LogP contribution in [0.2, 0.25) is 0 Å². The molecule has 0 amide bonds. The predicted molar refractivity (Wildman–Crippen MR) is 60.3 cm³/mol. The Labute approximate surface area is 92.1 Å². The maximum Gasteiger partial charge on any atom is 0.188 e. The van der Waals surface area contributed by atoms with E-state index >= 15 is 0 Å². The molecule has 1 aromatic heterocycles. The molecule has 0 aromatic carbocycles. The Bertz CT molecular complexity index is 366. The molecular formula is C9H12N2OS2. The van der Waals surface area contributed by atoms with Gasteiger partial charge >= 0.3 is 0 Å². The van der Waals surface area contributed by atoms with E-state index in [9.17, 15) is 4.79 Å². The van der Waals surface area contributed by atoms with Gasteiger partial charge in [-0.05, 0) is 26.4 Å². The van der Waals surface area contributed by atoms with Gasteiger partial charge in [-0.25, -0.2) is 9.97 Å². The summed E-state index contributed by atoms with van der Waals surface area (Å²) in [6.45, 7) is 3.39. The van der Waals surface area contributed by atoms with Crippen LogP contribution in [0.15, 0.2) is 10.2 Å². The van der Waals surface area contributed by atoms with Crippen LogP contribution in [-0.2, 0) is 0 Å². The summed E-state index contributed by atoms with van der Waals surface area (Å²) in [5.74, 6) is 0.0273. The van der Waals surface area contributed by atoms with Gasteiger partial charge in [0, 0.05) is 0 Å². The van der Waals surface area contributed by atoms with Crippen molar-refractivity contribution >= 4 is 29.3 Å². The van der Waals surface area contributed by atoms with E-state index < -0.39 is 0 Å². The Balaban J connectivity index is 3.34. The number of hydrogen-bond donors (Lipinski definition) is 0. The van der Waals surface area contributed by atoms with Crippen molar-refractivity contribution in [2.45, 2.75) is 24.0 Å². The molecule has 1 rings (SSSR count). The number of carbonyl (C=O) groups excluding carboxylic acids is 1. The fraction of sp³-hybridized carbons (Fsp3) is 0.444. The Hall–Kier alpha value is -0.550. The number of aryl methyl sites for hydroxylation is 1. The summed E-state index contributed by atoms with van der Waals surface area (Å²) in [4.78, 5) is 19.9. The van der Waals surface area contributed by atoms with Gasteiger partial charge in [0.15, 0.2) is 10.9 Å². The summed E-state index contributed by atoms with van der Waals surface area (Å²) in [5.41, 5.74) is 1.41. The molecule has 0 atom stereocenters. The molecular weight excluding hydrogens is 216 g/mol. The van der Waals surface area contributed by atoms with Crippen molar-refractivity contribution in [3.63, 3.8) is 0 Å². The van der Waals surface area contributed by atoms with Crippen LogP contribution in [-0.4, -0.2) is 28.3 Å². The standard InChI is InChI=1S/C9H12N2OS2/c1-5-7(6(2)12)8(13-3)11-9(10-5)14-4/h1-4H3. The smallest absolute Gasteiger partial charge is 0.188 e. The van der Waals surface area contributed by atoms with E-state index in [1.54, 1.807) is 6.92 Å². The highest BCUT2D eigenvalue weighted by Crippen LogP contribution is 2.23. The molecule has 0 fully saturated rings. The molecule has 0 aliphatic rings. The first-order chi connectivity index (χ1) is 6.60. The first-order valence-electron chi connectivity index (χ1n) is 4.07. The van der Waals surface area contributed by atoms with Crippen LogP contribution in [0.5, 0.6) is 0 Å². The van der Waals surface area contributed by atoms with Crippen molar-refractivity contribution in [1.82, 2.24) is 9.97 Å². The molecule has 1 aromatic rings. The number of hydrogen-bond acceptors (Lipinski definition) is 5. The van der Waals surface area contributed by atoms with Gasteiger partial charge in [0.1, 0.15) is 5.03 Å². The molecule has 0 spiro atoms. The van der Waals surface area contributed by atoms with Crippen molar-refractivity contribution in [2.75, 3.05) is 12.5 Å². The Morgan fingerprint density at radius 1 is 1.21 bits per heavy atom. The SMILES string of the molecule is CSc1nc(C)c(C(C)=O)c(SC)n1. The molecule has 1 heterocycles. The second-order valence-electron chi connectivity index (χ2n) is 2.74. The van der Waals surface area contributed by atoms with E-state index in [0.717, 1.165) is 15.9 Å². The molecule has 0 radical (unpaired) electrons. The average molecular weight is 228 g/mol. The molecule has 0 N–H and O–H groups in total. The normalized spacial score (nSPS) is 10.3. The molecule has 5 heteroatoms. The van der Waals surface area contributed by atoms with Crippen LogP contribution >= 0.6 is 23.5 Å². The first-order valence-corrected chi connectivity index (χ1v) is 6.52. The van der Waals surface area contributed by atoms with Crippen molar-refractivity contribution in [3.05, 3.63) is 11.3 Å². The summed E-state index contributed by atoms with van der Waals surface area (Å²) in [7, 11) is 0. The van der Waals surface area contributed by atoms with E-state index in [2.05, 4.69) is 9.97 Å². The maximum atomic E-state index is 11.3. The Morgan fingerprint density at radius 3 is 2.29 bits per heavy atom. The minimum atomic E-state index is 0.0273. The highest BCUT2D eigenvalue weighted by Gasteiger charge is 2.14. The predicted octanol–water partition coefficient (Wildman–Crippen LogP) is 2.43. The number of rotatable bonds is 3. The van der Waals surface area contributed by atoms with Crippen LogP contribution in [0.25, 0.3) is 0 Å². The molecule has 0 unspecified atom stereocenters. The van der Waals surface area contributed by atoms with Gasteiger partial charge in [-0.2, -0.15) is 0 Å². The van der Waals surface area contributed by atoms with E-state index in [1.807, 2.05) is 19.4 Å². The highest BCUT2D eigenvalue weighted by molar-refractivity contribution is 7.99. The lowest BCUT2D eigenvalue weighted by molar-refractivity contribution is 0.101. The number of nitrogens with zero attached hydrogens (tertiary/aromatic N) is 2. The summed E-state index contributed by atoms with van der Waals surface area (Å²) >= 11 is 2.97. The third-order valence-corrected chi connectivity index (χ3v) is 2.99. The summed E-state index contributed by atoms with van der Waals surface area (Å²) < 4.78 is 0. The zero-order valence-corrected chi connectivity index (χ0v) is 10.3. The van der Waals surface area contributed by atoms with Gasteiger partial charge in [-0.15, -0.1) is 11.8 Å². The second kappa shape index (κ2) is 4.79. The third-order valence-electron chi connectivity index (χ3n) is 1.76. The van der Waals surface area contributed by atoms with Crippen LogP contribution in [0, 0.1) is 6.92 Å². The minimum absolute atomic E-state index is 0.0273. The van der Waals surface area contributed by atoms with Gasteiger partial charge in [0.25, 0.3) is 0 Å². The second-order valence-corrected chi connectivity index (χ2v) is 4.30. The molecule has 0 saturated carbocycles. The van der Waals surface area contributed by atoms with Gasteiger partial charge < -0.3 is 0 Å². The summed E-state index contributed by atoms with van der Waals surface area (Å²) in [6.07, 6.45) is 3.84. The van der Waals surface area contributed by atoms with Crippen molar-refractivity contribution in [3.8, 4) is 0 Å². The van der Waals surface area contributed by atoms with Gasteiger partial charge in [0.2, 0.25) is 0 Å². The van der Waals surface area contributed by atoms with Gasteiger partial charge in [-0.1, -0.05) is 11.8 Å². The molecule has 0 aliphatic carbocycles. The lowest BCUT2D eigenvalue weighted by Crippen LogP contribution is -2.05. The first kappa shape index (κ1) is 11.5. The lowest BCUT2D eigenvalue weighted by atomic mass is 10.2. The van der Waals surface area contributed by atoms with Crippen LogP contribution < -0.4 is 0 Å². The maximum absolute atomic E-state index is 11.3. The fourth-order valence-electron chi connectivity index (χ4n) is 1.17. The third kappa shape index (κ3) is 2.27. The van der Waals surface area contributed by atoms with E-state index in [1.165, 1.54) is 23.5 Å². The van der Waals surface area contributed by atoms with Crippen LogP contribution in [0.3, 0.4) is 0 Å². The molecule has 0 bridgehead atoms.